The van der Waals surface area contributed by atoms with Gasteiger partial charge in [0.2, 0.25) is 0 Å². The molecule has 0 spiro atoms. The molecule has 6 nitrogen and oxygen atoms in total. The van der Waals surface area contributed by atoms with Crippen LogP contribution in [-0.2, 0) is 17.5 Å². The summed E-state index contributed by atoms with van der Waals surface area (Å²) in [5.74, 6) is 0.432. The lowest BCUT2D eigenvalue weighted by molar-refractivity contribution is -0.138. The zero-order chi connectivity index (χ0) is 20.3. The molecule has 3 aromatic rings. The first-order valence-corrected chi connectivity index (χ1v) is 9.16. The molecular formula is C20H19F3N4O2. The topological polar surface area (TPSA) is 63.4 Å². The average Bonchev–Trinajstić information content (AvgIpc) is 3.22. The van der Waals surface area contributed by atoms with Crippen molar-refractivity contribution in [2.75, 3.05) is 36.5 Å². The van der Waals surface area contributed by atoms with Crippen LogP contribution in [-0.4, -0.2) is 36.4 Å². The zero-order valence-electron chi connectivity index (χ0n) is 15.4. The van der Waals surface area contributed by atoms with Gasteiger partial charge >= 0.3 is 6.18 Å². The predicted octanol–water partition coefficient (Wildman–Crippen LogP) is 4.20. The van der Waals surface area contributed by atoms with Crippen LogP contribution < -0.4 is 10.2 Å². The van der Waals surface area contributed by atoms with Crippen molar-refractivity contribution in [3.05, 3.63) is 59.7 Å². The molecule has 1 aromatic heterocycles. The van der Waals surface area contributed by atoms with Gasteiger partial charge in [0.1, 0.15) is 0 Å². The molecule has 0 atom stereocenters. The lowest BCUT2D eigenvalue weighted by Gasteiger charge is -2.29. The van der Waals surface area contributed by atoms with E-state index in [1.165, 1.54) is 12.1 Å². The van der Waals surface area contributed by atoms with E-state index < -0.39 is 11.7 Å². The summed E-state index contributed by atoms with van der Waals surface area (Å²) in [5, 5.41) is 6.60. The lowest BCUT2D eigenvalue weighted by atomic mass is 10.1. The van der Waals surface area contributed by atoms with Crippen molar-refractivity contribution < 1.29 is 22.4 Å². The predicted molar refractivity (Wildman–Crippen MR) is 102 cm³/mol. The molecule has 0 aliphatic carbocycles. The van der Waals surface area contributed by atoms with E-state index in [9.17, 15) is 13.2 Å². The summed E-state index contributed by atoms with van der Waals surface area (Å²) in [6.45, 7) is 2.07. The van der Waals surface area contributed by atoms with E-state index in [2.05, 4.69) is 15.5 Å². The van der Waals surface area contributed by atoms with Gasteiger partial charge in [-0.1, -0.05) is 24.3 Å². The number of halogens is 3. The number of hydrogen-bond donors (Lipinski definition) is 1. The fourth-order valence-electron chi connectivity index (χ4n) is 3.17. The number of nitrogens with one attached hydrogen (secondary N) is 1. The van der Waals surface area contributed by atoms with Crippen LogP contribution in [0.15, 0.2) is 53.1 Å². The molecule has 1 aliphatic rings. The lowest BCUT2D eigenvalue weighted by Crippen LogP contribution is -2.36. The van der Waals surface area contributed by atoms with Crippen molar-refractivity contribution in [1.82, 2.24) is 10.1 Å². The molecule has 0 radical (unpaired) electrons. The molecule has 1 N–H and O–H groups in total. The molecule has 0 unspecified atom stereocenters. The highest BCUT2D eigenvalue weighted by Crippen LogP contribution is 2.35. The molecule has 152 valence electrons. The Kier molecular flexibility index (Phi) is 5.39. The van der Waals surface area contributed by atoms with Crippen molar-refractivity contribution in [2.45, 2.75) is 12.7 Å². The number of aromatic nitrogens is 2. The number of morpholine rings is 1. The summed E-state index contributed by atoms with van der Waals surface area (Å²) in [5.41, 5.74) is 0.704. The van der Waals surface area contributed by atoms with Crippen LogP contribution in [0.5, 0.6) is 0 Å². The average molecular weight is 404 g/mol. The van der Waals surface area contributed by atoms with Gasteiger partial charge in [0.25, 0.3) is 11.8 Å². The number of ether oxygens (including phenoxy) is 1. The molecule has 0 bridgehead atoms. The minimum atomic E-state index is -4.47. The van der Waals surface area contributed by atoms with E-state index in [1.807, 2.05) is 35.2 Å². The number of anilines is 2. The number of hydrogen-bond acceptors (Lipinski definition) is 6. The summed E-state index contributed by atoms with van der Waals surface area (Å²) in [7, 11) is 0. The van der Waals surface area contributed by atoms with Gasteiger partial charge in [0.05, 0.1) is 18.8 Å². The molecule has 0 amide bonds. The van der Waals surface area contributed by atoms with E-state index in [1.54, 1.807) is 6.07 Å². The summed E-state index contributed by atoms with van der Waals surface area (Å²) >= 11 is 0. The Labute approximate surface area is 165 Å². The normalized spacial score (nSPS) is 14.8. The van der Waals surface area contributed by atoms with Crippen LogP contribution in [0.3, 0.4) is 0 Å². The van der Waals surface area contributed by atoms with Gasteiger partial charge < -0.3 is 19.5 Å². The summed E-state index contributed by atoms with van der Waals surface area (Å²) in [4.78, 5) is 6.08. The molecule has 1 fully saturated rings. The van der Waals surface area contributed by atoms with Crippen molar-refractivity contribution in [3.8, 4) is 11.5 Å². The maximum absolute atomic E-state index is 13.6. The number of alkyl halides is 3. The van der Waals surface area contributed by atoms with E-state index in [0.717, 1.165) is 5.56 Å². The highest BCUT2D eigenvalue weighted by atomic mass is 19.4. The van der Waals surface area contributed by atoms with Gasteiger partial charge in [0, 0.05) is 30.9 Å². The summed E-state index contributed by atoms with van der Waals surface area (Å²) in [6.07, 6.45) is -4.47. The zero-order valence-corrected chi connectivity index (χ0v) is 15.4. The van der Waals surface area contributed by atoms with Gasteiger partial charge in [-0.2, -0.15) is 18.2 Å². The Balaban J connectivity index is 1.51. The van der Waals surface area contributed by atoms with E-state index in [0.29, 0.717) is 37.9 Å². The smallest absolute Gasteiger partial charge is 0.378 e. The Morgan fingerprint density at radius 2 is 1.79 bits per heavy atom. The van der Waals surface area contributed by atoms with Gasteiger partial charge in [-0.25, -0.2) is 0 Å². The second kappa shape index (κ2) is 8.12. The molecule has 1 aliphatic heterocycles. The standard InChI is InChI=1S/C20H19F3N4O2/c21-20(22,23)17-12-16(27-8-10-28-11-9-27)7-6-15(17)13-24-19-25-18(29-26-19)14-4-2-1-3-5-14/h1-7,12H,8-11,13H2,(H,24,26). The molecule has 2 aromatic carbocycles. The molecule has 4 rings (SSSR count). The Hall–Kier alpha value is -3.07. The Bertz CT molecular complexity index is 954. The monoisotopic (exact) mass is 404 g/mol. The maximum atomic E-state index is 13.6. The van der Waals surface area contributed by atoms with Gasteiger partial charge in [-0.3, -0.25) is 0 Å². The van der Waals surface area contributed by atoms with Crippen LogP contribution in [0.1, 0.15) is 11.1 Å². The third-order valence-electron chi connectivity index (χ3n) is 4.66. The molecule has 1 saturated heterocycles. The highest BCUT2D eigenvalue weighted by molar-refractivity contribution is 5.55. The van der Waals surface area contributed by atoms with Crippen LogP contribution in [0.4, 0.5) is 24.8 Å². The van der Waals surface area contributed by atoms with Crippen molar-refractivity contribution in [3.63, 3.8) is 0 Å². The summed E-state index contributed by atoms with van der Waals surface area (Å²) < 4.78 is 51.3. The van der Waals surface area contributed by atoms with E-state index >= 15 is 0 Å². The van der Waals surface area contributed by atoms with Crippen LogP contribution in [0.25, 0.3) is 11.5 Å². The second-order valence-electron chi connectivity index (χ2n) is 6.58. The van der Waals surface area contributed by atoms with Crippen LogP contribution in [0.2, 0.25) is 0 Å². The SMILES string of the molecule is FC(F)(F)c1cc(N2CCOCC2)ccc1CNc1noc(-c2ccccc2)n1. The third-order valence-corrected chi connectivity index (χ3v) is 4.66. The number of benzene rings is 2. The third kappa shape index (κ3) is 4.51. The van der Waals surface area contributed by atoms with Gasteiger partial charge in [-0.15, -0.1) is 0 Å². The molecule has 0 saturated carbocycles. The largest absolute Gasteiger partial charge is 0.416 e. The van der Waals surface area contributed by atoms with E-state index in [4.69, 9.17) is 9.26 Å². The minimum Gasteiger partial charge on any atom is -0.378 e. The van der Waals surface area contributed by atoms with Crippen LogP contribution in [0, 0.1) is 0 Å². The Morgan fingerprint density at radius 3 is 2.52 bits per heavy atom. The number of rotatable bonds is 5. The van der Waals surface area contributed by atoms with Crippen molar-refractivity contribution >= 4 is 11.6 Å². The first-order chi connectivity index (χ1) is 14.0. The molecular weight excluding hydrogens is 385 g/mol. The molecule has 9 heteroatoms. The van der Waals surface area contributed by atoms with Gasteiger partial charge in [-0.05, 0) is 35.0 Å². The highest BCUT2D eigenvalue weighted by Gasteiger charge is 2.34. The molecule has 29 heavy (non-hydrogen) atoms. The first-order valence-electron chi connectivity index (χ1n) is 9.16. The second-order valence-corrected chi connectivity index (χ2v) is 6.58. The maximum Gasteiger partial charge on any atom is 0.416 e. The van der Waals surface area contributed by atoms with Crippen LogP contribution >= 0.6 is 0 Å². The Morgan fingerprint density at radius 1 is 1.03 bits per heavy atom. The van der Waals surface area contributed by atoms with Crippen molar-refractivity contribution in [1.29, 1.82) is 0 Å². The fraction of sp³-hybridized carbons (Fsp3) is 0.300. The first kappa shape index (κ1) is 19.3. The summed E-state index contributed by atoms with van der Waals surface area (Å²) in [6, 6.07) is 13.5. The minimum absolute atomic E-state index is 0.0774. The molecule has 2 heterocycles. The van der Waals surface area contributed by atoms with Gasteiger partial charge in [0.15, 0.2) is 0 Å². The van der Waals surface area contributed by atoms with Crippen molar-refractivity contribution in [2.24, 2.45) is 0 Å². The number of nitrogens with zero attached hydrogens (tertiary/aromatic N) is 3. The fourth-order valence-corrected chi connectivity index (χ4v) is 3.17. The van der Waals surface area contributed by atoms with E-state index in [-0.39, 0.29) is 18.1 Å². The quantitative estimate of drug-likeness (QED) is 0.688.